The molecule has 2 aromatic carbocycles. The number of aromatic nitrogens is 4. The summed E-state index contributed by atoms with van der Waals surface area (Å²) in [5.74, 6) is 1.46. The summed E-state index contributed by atoms with van der Waals surface area (Å²) in [4.78, 5) is 17.2. The molecule has 5 heterocycles. The van der Waals surface area contributed by atoms with Gasteiger partial charge in [-0.15, -0.1) is 0 Å². The Balaban J connectivity index is 0.000000155. The summed E-state index contributed by atoms with van der Waals surface area (Å²) in [7, 11) is -1.37. The first-order valence-electron chi connectivity index (χ1n) is 17.6. The molecule has 3 aliphatic heterocycles. The van der Waals surface area contributed by atoms with E-state index in [2.05, 4.69) is 35.9 Å². The summed E-state index contributed by atoms with van der Waals surface area (Å²) in [5.41, 5.74) is 0.734. The maximum atomic E-state index is 5.99. The van der Waals surface area contributed by atoms with E-state index in [0.717, 1.165) is 26.9 Å². The van der Waals surface area contributed by atoms with Crippen LogP contribution in [0.3, 0.4) is 0 Å². The predicted octanol–water partition coefficient (Wildman–Crippen LogP) is 7.60. The van der Waals surface area contributed by atoms with Gasteiger partial charge in [0.1, 0.15) is 0 Å². The van der Waals surface area contributed by atoms with Crippen LogP contribution in [0.5, 0.6) is 0 Å². The van der Waals surface area contributed by atoms with Crippen LogP contribution in [0.15, 0.2) is 89.9 Å². The van der Waals surface area contributed by atoms with Crippen molar-refractivity contribution in [1.82, 2.24) is 19.9 Å². The molecule has 4 aromatic rings. The number of halogens is 1. The number of hydrogen-bond donors (Lipinski definition) is 0. The minimum atomic E-state index is -0.476. The van der Waals surface area contributed by atoms with Crippen molar-refractivity contribution in [1.29, 1.82) is 0 Å². The Hall–Kier alpha value is -2.97. The van der Waals surface area contributed by atoms with Crippen molar-refractivity contribution < 1.29 is 27.9 Å². The number of benzene rings is 2. The third-order valence-electron chi connectivity index (χ3n) is 10.6. The molecule has 0 radical (unpaired) electrons. The van der Waals surface area contributed by atoms with Crippen molar-refractivity contribution in [3.05, 3.63) is 89.9 Å². The molecular weight excluding hydrogens is 721 g/mol. The van der Waals surface area contributed by atoms with E-state index >= 15 is 0 Å². The molecule has 0 N–H and O–H groups in total. The van der Waals surface area contributed by atoms with E-state index in [9.17, 15) is 0 Å². The third-order valence-corrected chi connectivity index (χ3v) is 11.1. The molecule has 52 heavy (non-hydrogen) atoms. The SMILES string of the molecule is Brc1cnc(-c2ccccc2)nc1.CC1(C)OB(B2OC(C)(C)C(C)(C)O2)OC1(C)C.CC1(C)OB(c2cnc(-c3ccccc3)nc2)OC1(C)C. The predicted molar refractivity (Wildman–Crippen MR) is 211 cm³/mol. The van der Waals surface area contributed by atoms with Gasteiger partial charge in [0, 0.05) is 41.4 Å². The third kappa shape index (κ3) is 8.87. The maximum Gasteiger partial charge on any atom is 0.498 e. The fourth-order valence-electron chi connectivity index (χ4n) is 5.22. The Morgan fingerprint density at radius 3 is 1.04 bits per heavy atom. The average Bonchev–Trinajstić information content (AvgIpc) is 3.55. The number of hydrogen-bond acceptors (Lipinski definition) is 10. The lowest BCUT2D eigenvalue weighted by Gasteiger charge is -2.32. The van der Waals surface area contributed by atoms with Crippen LogP contribution in [-0.2, 0) is 27.9 Å². The second kappa shape index (κ2) is 15.0. The molecule has 0 unspecified atom stereocenters. The Morgan fingerprint density at radius 2 is 0.712 bits per heavy atom. The van der Waals surface area contributed by atoms with Crippen LogP contribution in [0.1, 0.15) is 83.1 Å². The molecule has 0 saturated carbocycles. The summed E-state index contributed by atoms with van der Waals surface area (Å²) in [6.07, 6.45) is 7.04. The summed E-state index contributed by atoms with van der Waals surface area (Å²) in [5, 5.41) is 0. The van der Waals surface area contributed by atoms with E-state index in [1.54, 1.807) is 24.8 Å². The molecular formula is C38H50B3BrN4O6. The van der Waals surface area contributed by atoms with E-state index in [1.807, 2.05) is 144 Å². The first-order chi connectivity index (χ1) is 24.1. The minimum Gasteiger partial charge on any atom is -0.405 e. The van der Waals surface area contributed by atoms with Gasteiger partial charge in [0.05, 0.1) is 38.1 Å². The first kappa shape index (κ1) is 40.2. The molecule has 14 heteroatoms. The lowest BCUT2D eigenvalue weighted by Crippen LogP contribution is -2.41. The van der Waals surface area contributed by atoms with Gasteiger partial charge < -0.3 is 27.9 Å². The highest BCUT2D eigenvalue weighted by Crippen LogP contribution is 2.43. The van der Waals surface area contributed by atoms with Crippen LogP contribution in [0.4, 0.5) is 0 Å². The summed E-state index contributed by atoms with van der Waals surface area (Å²) >= 11 is 3.29. The molecule has 3 aliphatic rings. The van der Waals surface area contributed by atoms with E-state index in [1.165, 1.54) is 0 Å². The number of rotatable bonds is 4. The van der Waals surface area contributed by atoms with Gasteiger partial charge in [0.15, 0.2) is 11.6 Å². The zero-order valence-electron chi connectivity index (χ0n) is 32.4. The van der Waals surface area contributed by atoms with Crippen LogP contribution in [0, 0.1) is 0 Å². The van der Waals surface area contributed by atoms with Crippen molar-refractivity contribution in [2.24, 2.45) is 0 Å². The summed E-state index contributed by atoms with van der Waals surface area (Å²) < 4.78 is 36.7. The van der Waals surface area contributed by atoms with Crippen molar-refractivity contribution in [2.45, 2.75) is 117 Å². The standard InChI is InChI=1S/C16H19BN2O2.C12H24B2O4.C10H7BrN2/c1-15(2)16(3,4)21-17(20-15)13-10-18-14(19-11-13)12-8-6-5-7-9-12;1-9(2)10(3,4)16-13(15-9)14-17-11(5,6)12(7,8)18-14;11-9-6-12-10(13-7-9)8-4-2-1-3-5-8/h5-11H,1-4H3;1-8H3;1-7H. The van der Waals surface area contributed by atoms with Gasteiger partial charge in [0.2, 0.25) is 0 Å². The Kier molecular flexibility index (Phi) is 11.6. The topological polar surface area (TPSA) is 107 Å². The van der Waals surface area contributed by atoms with Gasteiger partial charge in [-0.05, 0) is 99.0 Å². The molecule has 0 aliphatic carbocycles. The highest BCUT2D eigenvalue weighted by molar-refractivity contribution is 9.10. The van der Waals surface area contributed by atoms with E-state index in [0.29, 0.717) is 5.82 Å². The lowest BCUT2D eigenvalue weighted by molar-refractivity contribution is 0.00578. The summed E-state index contributed by atoms with van der Waals surface area (Å²) in [6, 6.07) is 19.8. The van der Waals surface area contributed by atoms with Crippen LogP contribution in [0.2, 0.25) is 0 Å². The fourth-order valence-corrected chi connectivity index (χ4v) is 5.43. The molecule has 0 bridgehead atoms. The van der Waals surface area contributed by atoms with Crippen molar-refractivity contribution in [3.63, 3.8) is 0 Å². The maximum absolute atomic E-state index is 5.99. The highest BCUT2D eigenvalue weighted by atomic mass is 79.9. The Morgan fingerprint density at radius 1 is 0.423 bits per heavy atom. The van der Waals surface area contributed by atoms with Crippen molar-refractivity contribution in [2.75, 3.05) is 0 Å². The highest BCUT2D eigenvalue weighted by Gasteiger charge is 2.63. The zero-order valence-corrected chi connectivity index (χ0v) is 34.0. The molecule has 0 amide bonds. The molecule has 274 valence electrons. The first-order valence-corrected chi connectivity index (χ1v) is 18.4. The van der Waals surface area contributed by atoms with Gasteiger partial charge in [-0.25, -0.2) is 19.9 Å². The van der Waals surface area contributed by atoms with E-state index < -0.39 is 21.1 Å². The summed E-state index contributed by atoms with van der Waals surface area (Å²) in [6.45, 7) is 24.3. The molecule has 3 fully saturated rings. The van der Waals surface area contributed by atoms with E-state index in [4.69, 9.17) is 27.9 Å². The van der Waals surface area contributed by atoms with E-state index in [-0.39, 0.29) is 33.6 Å². The Labute approximate surface area is 318 Å². The average molecular weight is 771 g/mol. The zero-order chi connectivity index (χ0) is 38.2. The second-order valence-corrected chi connectivity index (χ2v) is 17.1. The molecule has 7 rings (SSSR count). The molecule has 0 spiro atoms. The molecule has 0 atom stereocenters. The molecule has 10 nitrogen and oxygen atoms in total. The largest absolute Gasteiger partial charge is 0.498 e. The van der Waals surface area contributed by atoms with Crippen molar-refractivity contribution >= 4 is 42.5 Å². The quantitative estimate of drug-likeness (QED) is 0.193. The smallest absolute Gasteiger partial charge is 0.405 e. The Bertz CT molecular complexity index is 1700. The van der Waals surface area contributed by atoms with Crippen molar-refractivity contribution in [3.8, 4) is 22.8 Å². The van der Waals surface area contributed by atoms with Crippen LogP contribution >= 0.6 is 15.9 Å². The van der Waals surface area contributed by atoms with Gasteiger partial charge in [-0.1, -0.05) is 60.7 Å². The normalized spacial score (nSPS) is 21.5. The fraction of sp³-hybridized carbons (Fsp3) is 0.474. The van der Waals surface area contributed by atoms with Gasteiger partial charge >= 0.3 is 21.1 Å². The monoisotopic (exact) mass is 770 g/mol. The van der Waals surface area contributed by atoms with Crippen LogP contribution in [0.25, 0.3) is 22.8 Å². The molecule has 3 saturated heterocycles. The van der Waals surface area contributed by atoms with Gasteiger partial charge in [-0.2, -0.15) is 0 Å². The lowest BCUT2D eigenvalue weighted by atomic mass is 9.49. The molecule has 2 aromatic heterocycles. The second-order valence-electron chi connectivity index (χ2n) is 16.1. The van der Waals surface area contributed by atoms with Gasteiger partial charge in [0.25, 0.3) is 0 Å². The minimum absolute atomic E-state index is 0.351. The van der Waals surface area contributed by atoms with Gasteiger partial charge in [-0.3, -0.25) is 0 Å². The number of nitrogens with zero attached hydrogens (tertiary/aromatic N) is 4. The van der Waals surface area contributed by atoms with Crippen LogP contribution in [-0.4, -0.2) is 74.7 Å². The van der Waals surface area contributed by atoms with Crippen LogP contribution < -0.4 is 5.46 Å².